The first-order chi connectivity index (χ1) is 5.93. The van der Waals surface area contributed by atoms with Crippen molar-refractivity contribution in [2.24, 2.45) is 0 Å². The first-order valence-corrected chi connectivity index (χ1v) is 4.36. The third kappa shape index (κ3) is 3.24. The third-order valence-electron chi connectivity index (χ3n) is 1.62. The summed E-state index contributed by atoms with van der Waals surface area (Å²) in [5, 5.41) is 3.22. The maximum absolute atomic E-state index is 3.22. The topological polar surface area (TPSA) is 12.0 Å². The molecule has 0 fully saturated rings. The fourth-order valence-corrected chi connectivity index (χ4v) is 0.974. The van der Waals surface area contributed by atoms with Gasteiger partial charge in [-0.2, -0.15) is 0 Å². The minimum Gasteiger partial charge on any atom is -0.387 e. The van der Waals surface area contributed by atoms with E-state index in [1.165, 1.54) is 5.56 Å². The second-order valence-corrected chi connectivity index (χ2v) is 2.68. The van der Waals surface area contributed by atoms with E-state index in [4.69, 9.17) is 0 Å². The molecule has 1 aromatic rings. The first-order valence-electron chi connectivity index (χ1n) is 4.36. The Morgan fingerprint density at radius 2 is 2.00 bits per heavy atom. The van der Waals surface area contributed by atoms with E-state index in [0.717, 1.165) is 13.0 Å². The molecule has 0 amide bonds. The Morgan fingerprint density at radius 1 is 1.25 bits per heavy atom. The van der Waals surface area contributed by atoms with Gasteiger partial charge in [0.15, 0.2) is 0 Å². The van der Waals surface area contributed by atoms with Crippen LogP contribution in [0.15, 0.2) is 42.6 Å². The van der Waals surface area contributed by atoms with Crippen molar-refractivity contribution < 1.29 is 0 Å². The highest BCUT2D eigenvalue weighted by Crippen LogP contribution is 1.96. The Labute approximate surface area is 74.1 Å². The Morgan fingerprint density at radius 3 is 2.67 bits per heavy atom. The number of nitrogens with one attached hydrogen (secondary N) is 1. The lowest BCUT2D eigenvalue weighted by molar-refractivity contribution is 0.864. The lowest BCUT2D eigenvalue weighted by Gasteiger charge is -1.99. The molecule has 12 heavy (non-hydrogen) atoms. The summed E-state index contributed by atoms with van der Waals surface area (Å²) >= 11 is 0. The smallest absolute Gasteiger partial charge is 0.0395 e. The molecule has 0 aliphatic heterocycles. The van der Waals surface area contributed by atoms with Crippen molar-refractivity contribution in [2.75, 3.05) is 0 Å². The molecular formula is C11H15N. The van der Waals surface area contributed by atoms with Gasteiger partial charge in [-0.1, -0.05) is 43.3 Å². The van der Waals surface area contributed by atoms with Crippen molar-refractivity contribution in [3.63, 3.8) is 0 Å². The lowest BCUT2D eigenvalue weighted by Crippen LogP contribution is -2.03. The zero-order valence-corrected chi connectivity index (χ0v) is 7.46. The van der Waals surface area contributed by atoms with Gasteiger partial charge in [0.05, 0.1) is 0 Å². The number of rotatable bonds is 4. The molecule has 1 rings (SSSR count). The van der Waals surface area contributed by atoms with E-state index >= 15 is 0 Å². The van der Waals surface area contributed by atoms with Crippen LogP contribution in [0, 0.1) is 0 Å². The number of allylic oxidation sites excluding steroid dienone is 1. The SMILES string of the molecule is CC/C=C\NCc1ccccc1. The van der Waals surface area contributed by atoms with Crippen LogP contribution in [0.5, 0.6) is 0 Å². The zero-order valence-electron chi connectivity index (χ0n) is 7.46. The average Bonchev–Trinajstić information content (AvgIpc) is 2.14. The Kier molecular flexibility index (Phi) is 4.00. The van der Waals surface area contributed by atoms with E-state index in [1.54, 1.807) is 0 Å². The maximum Gasteiger partial charge on any atom is 0.0395 e. The Bertz CT molecular complexity index is 226. The standard InChI is InChI=1S/C11H15N/c1-2-3-9-12-10-11-7-5-4-6-8-11/h3-9,12H,2,10H2,1H3/b9-3-. The lowest BCUT2D eigenvalue weighted by atomic mass is 10.2. The fraction of sp³-hybridized carbons (Fsp3) is 0.273. The summed E-state index contributed by atoms with van der Waals surface area (Å²) in [4.78, 5) is 0. The molecule has 1 aromatic carbocycles. The highest BCUT2D eigenvalue weighted by Gasteiger charge is 1.85. The fourth-order valence-electron chi connectivity index (χ4n) is 0.974. The molecule has 1 heteroatoms. The van der Waals surface area contributed by atoms with Crippen LogP contribution in [-0.2, 0) is 6.54 Å². The Hall–Kier alpha value is -1.24. The van der Waals surface area contributed by atoms with Crippen molar-refractivity contribution >= 4 is 0 Å². The highest BCUT2D eigenvalue weighted by atomic mass is 14.8. The normalized spacial score (nSPS) is 10.4. The molecule has 0 atom stereocenters. The summed E-state index contributed by atoms with van der Waals surface area (Å²) in [5.74, 6) is 0. The quantitative estimate of drug-likeness (QED) is 0.716. The van der Waals surface area contributed by atoms with E-state index in [2.05, 4.69) is 42.6 Å². The van der Waals surface area contributed by atoms with Crippen molar-refractivity contribution in [3.05, 3.63) is 48.2 Å². The van der Waals surface area contributed by atoms with Gasteiger partial charge >= 0.3 is 0 Å². The van der Waals surface area contributed by atoms with E-state index in [-0.39, 0.29) is 0 Å². The van der Waals surface area contributed by atoms with Crippen molar-refractivity contribution in [3.8, 4) is 0 Å². The summed E-state index contributed by atoms with van der Waals surface area (Å²) in [5.41, 5.74) is 1.32. The molecule has 0 bridgehead atoms. The van der Waals surface area contributed by atoms with Gasteiger partial charge in [0.1, 0.15) is 0 Å². The maximum atomic E-state index is 3.22. The predicted molar refractivity (Wildman–Crippen MR) is 52.7 cm³/mol. The third-order valence-corrected chi connectivity index (χ3v) is 1.62. The molecule has 0 spiro atoms. The highest BCUT2D eigenvalue weighted by molar-refractivity contribution is 5.14. The minimum absolute atomic E-state index is 0.914. The molecule has 0 aliphatic carbocycles. The van der Waals surface area contributed by atoms with Crippen LogP contribution in [0.1, 0.15) is 18.9 Å². The van der Waals surface area contributed by atoms with Gasteiger partial charge in [-0.15, -0.1) is 0 Å². The van der Waals surface area contributed by atoms with Gasteiger partial charge in [-0.25, -0.2) is 0 Å². The average molecular weight is 161 g/mol. The Balaban J connectivity index is 2.29. The number of hydrogen-bond acceptors (Lipinski definition) is 1. The molecule has 0 unspecified atom stereocenters. The van der Waals surface area contributed by atoms with Crippen molar-refractivity contribution in [1.29, 1.82) is 0 Å². The van der Waals surface area contributed by atoms with Crippen LogP contribution < -0.4 is 5.32 Å². The van der Waals surface area contributed by atoms with Gasteiger partial charge in [-0.3, -0.25) is 0 Å². The van der Waals surface area contributed by atoms with E-state index in [9.17, 15) is 0 Å². The van der Waals surface area contributed by atoms with Gasteiger partial charge in [-0.05, 0) is 18.2 Å². The van der Waals surface area contributed by atoms with Crippen LogP contribution in [-0.4, -0.2) is 0 Å². The van der Waals surface area contributed by atoms with Crippen molar-refractivity contribution in [2.45, 2.75) is 19.9 Å². The summed E-state index contributed by atoms with van der Waals surface area (Å²) < 4.78 is 0. The van der Waals surface area contributed by atoms with Crippen LogP contribution in [0.2, 0.25) is 0 Å². The second-order valence-electron chi connectivity index (χ2n) is 2.68. The zero-order chi connectivity index (χ0) is 8.65. The van der Waals surface area contributed by atoms with Gasteiger partial charge in [0.25, 0.3) is 0 Å². The van der Waals surface area contributed by atoms with Gasteiger partial charge in [0, 0.05) is 6.54 Å². The van der Waals surface area contributed by atoms with Crippen LogP contribution in [0.25, 0.3) is 0 Å². The van der Waals surface area contributed by atoms with E-state index in [1.807, 2.05) is 12.3 Å². The van der Waals surface area contributed by atoms with Crippen LogP contribution in [0.4, 0.5) is 0 Å². The van der Waals surface area contributed by atoms with E-state index in [0.29, 0.717) is 0 Å². The molecule has 0 heterocycles. The van der Waals surface area contributed by atoms with Gasteiger partial charge < -0.3 is 5.32 Å². The summed E-state index contributed by atoms with van der Waals surface area (Å²) in [6.07, 6.45) is 5.21. The van der Waals surface area contributed by atoms with Gasteiger partial charge in [0.2, 0.25) is 0 Å². The summed E-state index contributed by atoms with van der Waals surface area (Å²) in [6.45, 7) is 3.04. The summed E-state index contributed by atoms with van der Waals surface area (Å²) in [6, 6.07) is 10.4. The van der Waals surface area contributed by atoms with Crippen LogP contribution in [0.3, 0.4) is 0 Å². The number of hydrogen-bond donors (Lipinski definition) is 1. The largest absolute Gasteiger partial charge is 0.387 e. The molecule has 0 saturated carbocycles. The van der Waals surface area contributed by atoms with E-state index < -0.39 is 0 Å². The molecule has 1 nitrogen and oxygen atoms in total. The molecule has 64 valence electrons. The predicted octanol–water partition coefficient (Wildman–Crippen LogP) is 2.70. The molecule has 0 aromatic heterocycles. The molecule has 0 saturated heterocycles. The molecule has 0 aliphatic rings. The molecule has 1 N–H and O–H groups in total. The molecule has 0 radical (unpaired) electrons. The first kappa shape index (κ1) is 8.85. The second kappa shape index (κ2) is 5.42. The molecular weight excluding hydrogens is 146 g/mol. The minimum atomic E-state index is 0.914. The number of benzene rings is 1. The van der Waals surface area contributed by atoms with Crippen molar-refractivity contribution in [1.82, 2.24) is 5.32 Å². The summed E-state index contributed by atoms with van der Waals surface area (Å²) in [7, 11) is 0. The monoisotopic (exact) mass is 161 g/mol. The van der Waals surface area contributed by atoms with Crippen LogP contribution >= 0.6 is 0 Å².